The molecule has 4 N–H and O–H groups in total. The van der Waals surface area contributed by atoms with Crippen LogP contribution in [0.1, 0.15) is 12.5 Å². The van der Waals surface area contributed by atoms with E-state index >= 15 is 0 Å². The lowest BCUT2D eigenvalue weighted by Gasteiger charge is -2.15. The highest BCUT2D eigenvalue weighted by atomic mass is 32.2. The van der Waals surface area contributed by atoms with E-state index in [1.165, 1.54) is 6.33 Å². The van der Waals surface area contributed by atoms with Gasteiger partial charge in [0.15, 0.2) is 0 Å². The molecule has 0 bridgehead atoms. The van der Waals surface area contributed by atoms with Crippen molar-refractivity contribution in [2.75, 3.05) is 22.8 Å². The van der Waals surface area contributed by atoms with Crippen molar-refractivity contribution in [1.29, 1.82) is 0 Å². The summed E-state index contributed by atoms with van der Waals surface area (Å²) in [6.45, 7) is 4.05. The van der Waals surface area contributed by atoms with E-state index in [1.54, 1.807) is 11.8 Å². The summed E-state index contributed by atoms with van der Waals surface area (Å²) < 4.78 is 0. The lowest BCUT2D eigenvalue weighted by molar-refractivity contribution is 0.895. The van der Waals surface area contributed by atoms with Crippen molar-refractivity contribution in [3.05, 3.63) is 11.9 Å². The molecule has 6 heteroatoms. The molecule has 0 fully saturated rings. The topological polar surface area (TPSA) is 75.9 Å². The Morgan fingerprint density at radius 1 is 1.47 bits per heavy atom. The van der Waals surface area contributed by atoms with Gasteiger partial charge in [0.25, 0.3) is 0 Å². The monoisotopic (exact) mass is 227 g/mol. The molecule has 1 aromatic heterocycles. The Morgan fingerprint density at radius 3 is 2.73 bits per heavy atom. The molecule has 0 saturated heterocycles. The Bertz CT molecular complexity index is 317. The van der Waals surface area contributed by atoms with E-state index in [0.29, 0.717) is 11.9 Å². The SMILES string of the molecule is CSCC(C)Nc1ncnc(NN)c1C. The second-order valence-corrected chi connectivity index (χ2v) is 4.25. The fraction of sp³-hybridized carbons (Fsp3) is 0.556. The predicted molar refractivity (Wildman–Crippen MR) is 66.0 cm³/mol. The summed E-state index contributed by atoms with van der Waals surface area (Å²) in [4.78, 5) is 8.20. The third-order valence-corrected chi connectivity index (χ3v) is 2.85. The van der Waals surface area contributed by atoms with Gasteiger partial charge in [-0.3, -0.25) is 0 Å². The van der Waals surface area contributed by atoms with E-state index in [0.717, 1.165) is 17.1 Å². The lowest BCUT2D eigenvalue weighted by Crippen LogP contribution is -2.20. The fourth-order valence-electron chi connectivity index (χ4n) is 1.27. The van der Waals surface area contributed by atoms with Crippen molar-refractivity contribution in [3.8, 4) is 0 Å². The highest BCUT2D eigenvalue weighted by Gasteiger charge is 2.08. The second kappa shape index (κ2) is 5.77. The van der Waals surface area contributed by atoms with Crippen molar-refractivity contribution in [1.82, 2.24) is 9.97 Å². The van der Waals surface area contributed by atoms with Crippen LogP contribution in [-0.4, -0.2) is 28.0 Å². The van der Waals surface area contributed by atoms with Crippen molar-refractivity contribution in [3.63, 3.8) is 0 Å². The minimum Gasteiger partial charge on any atom is -0.366 e. The highest BCUT2D eigenvalue weighted by molar-refractivity contribution is 7.98. The Balaban J connectivity index is 2.76. The molecule has 1 heterocycles. The van der Waals surface area contributed by atoms with Crippen LogP contribution in [0.15, 0.2) is 6.33 Å². The smallest absolute Gasteiger partial charge is 0.148 e. The third-order valence-electron chi connectivity index (χ3n) is 2.02. The minimum atomic E-state index is 0.374. The number of hydrazine groups is 1. The van der Waals surface area contributed by atoms with Gasteiger partial charge in [-0.05, 0) is 20.1 Å². The summed E-state index contributed by atoms with van der Waals surface area (Å²) in [5.74, 6) is 7.86. The molecular weight excluding hydrogens is 210 g/mol. The number of nitrogens with two attached hydrogens (primary N) is 1. The van der Waals surface area contributed by atoms with E-state index in [-0.39, 0.29) is 0 Å². The molecule has 1 rings (SSSR count). The van der Waals surface area contributed by atoms with Crippen LogP contribution in [-0.2, 0) is 0 Å². The van der Waals surface area contributed by atoms with E-state index in [4.69, 9.17) is 5.84 Å². The van der Waals surface area contributed by atoms with Gasteiger partial charge in [0.2, 0.25) is 0 Å². The van der Waals surface area contributed by atoms with E-state index in [1.807, 2.05) is 6.92 Å². The van der Waals surface area contributed by atoms with Crippen molar-refractivity contribution in [2.24, 2.45) is 5.84 Å². The standard InChI is InChI=1S/C9H17N5S/c1-6(4-15-3)13-8-7(2)9(14-10)12-5-11-8/h5-6H,4,10H2,1-3H3,(H2,11,12,13,14). The average molecular weight is 227 g/mol. The van der Waals surface area contributed by atoms with Gasteiger partial charge in [0.1, 0.15) is 18.0 Å². The van der Waals surface area contributed by atoms with E-state index in [2.05, 4.69) is 33.9 Å². The number of hydrogen-bond donors (Lipinski definition) is 3. The molecule has 5 nitrogen and oxygen atoms in total. The zero-order valence-electron chi connectivity index (χ0n) is 9.24. The number of aromatic nitrogens is 2. The maximum absolute atomic E-state index is 5.34. The maximum atomic E-state index is 5.34. The molecule has 0 aromatic carbocycles. The summed E-state index contributed by atoms with van der Waals surface area (Å²) in [5.41, 5.74) is 3.48. The molecule has 0 aliphatic heterocycles. The molecule has 1 aromatic rings. The Kier molecular flexibility index (Phi) is 4.64. The highest BCUT2D eigenvalue weighted by Crippen LogP contribution is 2.18. The molecule has 15 heavy (non-hydrogen) atoms. The van der Waals surface area contributed by atoms with Gasteiger partial charge in [-0.1, -0.05) is 0 Å². The van der Waals surface area contributed by atoms with Crippen LogP contribution in [0.3, 0.4) is 0 Å². The molecule has 0 aliphatic rings. The molecule has 0 spiro atoms. The number of nitrogens with one attached hydrogen (secondary N) is 2. The second-order valence-electron chi connectivity index (χ2n) is 3.34. The third kappa shape index (κ3) is 3.24. The van der Waals surface area contributed by atoms with Gasteiger partial charge in [0.05, 0.1) is 0 Å². The Hall–Kier alpha value is -1.01. The first kappa shape index (κ1) is 12.1. The molecular formula is C9H17N5S. The van der Waals surface area contributed by atoms with Crippen LogP contribution < -0.4 is 16.6 Å². The maximum Gasteiger partial charge on any atom is 0.148 e. The largest absolute Gasteiger partial charge is 0.366 e. The van der Waals surface area contributed by atoms with Crippen LogP contribution in [0.4, 0.5) is 11.6 Å². The molecule has 0 aliphatic carbocycles. The molecule has 84 valence electrons. The first-order chi connectivity index (χ1) is 7.19. The number of hydrogen-bond acceptors (Lipinski definition) is 6. The quantitative estimate of drug-likeness (QED) is 0.519. The lowest BCUT2D eigenvalue weighted by atomic mass is 10.3. The Morgan fingerprint density at radius 2 is 2.13 bits per heavy atom. The number of thioether (sulfide) groups is 1. The summed E-state index contributed by atoms with van der Waals surface area (Å²) in [6, 6.07) is 0.374. The summed E-state index contributed by atoms with van der Waals surface area (Å²) >= 11 is 1.80. The van der Waals surface area contributed by atoms with Gasteiger partial charge in [-0.2, -0.15) is 11.8 Å². The zero-order chi connectivity index (χ0) is 11.3. The first-order valence-corrected chi connectivity index (χ1v) is 6.12. The first-order valence-electron chi connectivity index (χ1n) is 4.72. The predicted octanol–water partition coefficient (Wildman–Crippen LogP) is 1.23. The number of nitrogens with zero attached hydrogens (tertiary/aromatic N) is 2. The minimum absolute atomic E-state index is 0.374. The molecule has 1 unspecified atom stereocenters. The van der Waals surface area contributed by atoms with Gasteiger partial charge in [0, 0.05) is 17.4 Å². The van der Waals surface area contributed by atoms with Crippen LogP contribution in [0.2, 0.25) is 0 Å². The normalized spacial score (nSPS) is 12.3. The van der Waals surface area contributed by atoms with Crippen molar-refractivity contribution < 1.29 is 0 Å². The van der Waals surface area contributed by atoms with Crippen LogP contribution in [0.25, 0.3) is 0 Å². The van der Waals surface area contributed by atoms with Crippen LogP contribution in [0, 0.1) is 6.92 Å². The van der Waals surface area contributed by atoms with Gasteiger partial charge < -0.3 is 10.7 Å². The average Bonchev–Trinajstić information content (AvgIpc) is 2.21. The molecule has 0 amide bonds. The van der Waals surface area contributed by atoms with E-state index in [9.17, 15) is 0 Å². The summed E-state index contributed by atoms with van der Waals surface area (Å²) in [7, 11) is 0. The van der Waals surface area contributed by atoms with Crippen molar-refractivity contribution >= 4 is 23.4 Å². The molecule has 0 saturated carbocycles. The number of anilines is 2. The molecule has 0 radical (unpaired) electrons. The van der Waals surface area contributed by atoms with Gasteiger partial charge >= 0.3 is 0 Å². The van der Waals surface area contributed by atoms with E-state index < -0.39 is 0 Å². The van der Waals surface area contributed by atoms with Gasteiger partial charge in [-0.25, -0.2) is 15.8 Å². The number of rotatable bonds is 5. The molecule has 1 atom stereocenters. The van der Waals surface area contributed by atoms with Crippen LogP contribution >= 0.6 is 11.8 Å². The number of nitrogen functional groups attached to an aromatic ring is 1. The Labute approximate surface area is 94.2 Å². The van der Waals surface area contributed by atoms with Crippen LogP contribution in [0.5, 0.6) is 0 Å². The summed E-state index contributed by atoms with van der Waals surface area (Å²) in [6.07, 6.45) is 3.58. The van der Waals surface area contributed by atoms with Crippen molar-refractivity contribution in [2.45, 2.75) is 19.9 Å². The van der Waals surface area contributed by atoms with Gasteiger partial charge in [-0.15, -0.1) is 0 Å². The fourth-order valence-corrected chi connectivity index (χ4v) is 1.85. The zero-order valence-corrected chi connectivity index (χ0v) is 10.1. The summed E-state index contributed by atoms with van der Waals surface area (Å²) in [5, 5.41) is 3.32.